The van der Waals surface area contributed by atoms with Gasteiger partial charge in [0.25, 0.3) is 0 Å². The first-order chi connectivity index (χ1) is 8.24. The Labute approximate surface area is 131 Å². The molecule has 4 heteroatoms. The van der Waals surface area contributed by atoms with Crippen molar-refractivity contribution in [3.8, 4) is 0 Å². The Morgan fingerprint density at radius 3 is 1.37 bits per heavy atom. The van der Waals surface area contributed by atoms with E-state index in [0.29, 0.717) is 0 Å². The predicted octanol–water partition coefficient (Wildman–Crippen LogP) is 5.50. The van der Waals surface area contributed by atoms with Gasteiger partial charge in [-0.2, -0.15) is 0 Å². The maximum Gasteiger partial charge on any atom is 0.200 e. The summed E-state index contributed by atoms with van der Waals surface area (Å²) in [6.45, 7) is 12.0. The fourth-order valence-electron chi connectivity index (χ4n) is 2.07. The number of ketones is 1. The van der Waals surface area contributed by atoms with Crippen LogP contribution >= 0.6 is 34.8 Å². The van der Waals surface area contributed by atoms with Crippen LogP contribution in [0.2, 0.25) is 0 Å². The fraction of sp³-hybridized carbons (Fsp3) is 0.667. The zero-order valence-electron chi connectivity index (χ0n) is 12.3. The first-order valence-corrected chi connectivity index (χ1v) is 7.44. The molecule has 0 amide bonds. The van der Waals surface area contributed by atoms with Crippen molar-refractivity contribution >= 4 is 40.6 Å². The normalized spacial score (nSPS) is 19.3. The lowest BCUT2D eigenvalue weighted by Crippen LogP contribution is -2.32. The minimum absolute atomic E-state index is 0.0606. The van der Waals surface area contributed by atoms with Crippen molar-refractivity contribution in [3.05, 3.63) is 23.3 Å². The number of carbonyl (C=O) groups is 1. The van der Waals surface area contributed by atoms with Gasteiger partial charge >= 0.3 is 0 Å². The van der Waals surface area contributed by atoms with Crippen molar-refractivity contribution in [1.29, 1.82) is 0 Å². The molecule has 1 nitrogen and oxygen atoms in total. The molecular weight excluding hydrogens is 303 g/mol. The molecule has 1 aliphatic carbocycles. The van der Waals surface area contributed by atoms with Crippen molar-refractivity contribution in [1.82, 2.24) is 0 Å². The van der Waals surface area contributed by atoms with E-state index in [2.05, 4.69) is 0 Å². The monoisotopic (exact) mass is 322 g/mol. The molecule has 0 saturated carbocycles. The van der Waals surface area contributed by atoms with Crippen LogP contribution in [-0.4, -0.2) is 9.58 Å². The Balaban J connectivity index is 3.39. The summed E-state index contributed by atoms with van der Waals surface area (Å²) in [4.78, 5) is 12.6. The number of alkyl halides is 3. The summed E-state index contributed by atoms with van der Waals surface area (Å²) in [5, 5.41) is 0. The van der Waals surface area contributed by atoms with E-state index in [4.69, 9.17) is 34.8 Å². The molecule has 0 unspecified atom stereocenters. The van der Waals surface area contributed by atoms with E-state index in [1.807, 2.05) is 41.5 Å². The molecule has 1 aliphatic rings. The molecule has 0 atom stereocenters. The van der Waals surface area contributed by atoms with E-state index in [0.717, 1.165) is 11.1 Å². The van der Waals surface area contributed by atoms with Crippen molar-refractivity contribution in [2.24, 2.45) is 16.7 Å². The molecule has 0 saturated heterocycles. The second-order valence-corrected chi connectivity index (χ2v) is 9.43. The van der Waals surface area contributed by atoms with E-state index >= 15 is 0 Å². The van der Waals surface area contributed by atoms with Crippen molar-refractivity contribution in [3.63, 3.8) is 0 Å². The van der Waals surface area contributed by atoms with Crippen molar-refractivity contribution < 1.29 is 4.79 Å². The molecule has 0 aromatic carbocycles. The van der Waals surface area contributed by atoms with Crippen LogP contribution in [0.4, 0.5) is 0 Å². The van der Waals surface area contributed by atoms with Crippen molar-refractivity contribution in [2.45, 2.75) is 45.3 Å². The number of Topliss-reactive ketones (excluding diaryl/α,β-unsaturated/α-hetero) is 1. The van der Waals surface area contributed by atoms with Gasteiger partial charge in [-0.15, -0.1) is 0 Å². The molecule has 108 valence electrons. The average molecular weight is 324 g/mol. The standard InChI is InChI=1S/C15H21Cl3O/c1-13(2,3)10-7-9(15(16,17)18)8-11(12(10)19)14(4,5)6/h7-9H,1-6H3. The van der Waals surface area contributed by atoms with Gasteiger partial charge in [-0.05, 0) is 10.8 Å². The Morgan fingerprint density at radius 1 is 0.842 bits per heavy atom. The smallest absolute Gasteiger partial charge is 0.200 e. The van der Waals surface area contributed by atoms with Gasteiger partial charge in [-0.3, -0.25) is 4.79 Å². The molecule has 0 bridgehead atoms. The predicted molar refractivity (Wildman–Crippen MR) is 83.9 cm³/mol. The van der Waals surface area contributed by atoms with Crippen LogP contribution in [0.1, 0.15) is 41.5 Å². The molecule has 0 N–H and O–H groups in total. The number of allylic oxidation sites excluding steroid dienone is 4. The second-order valence-electron chi connectivity index (χ2n) is 7.06. The summed E-state index contributed by atoms with van der Waals surface area (Å²) < 4.78 is -1.44. The molecule has 0 aromatic heterocycles. The summed E-state index contributed by atoms with van der Waals surface area (Å²) in [5.41, 5.74) is 0.902. The SMILES string of the molecule is CC(C)(C)C1=CC(C(Cl)(Cl)Cl)C=C(C(C)(C)C)C1=O. The van der Waals surface area contributed by atoms with Crippen LogP contribution in [0, 0.1) is 16.7 Å². The summed E-state index contributed by atoms with van der Waals surface area (Å²) in [5.74, 6) is -0.316. The third-order valence-corrected chi connectivity index (χ3v) is 3.93. The fourth-order valence-corrected chi connectivity index (χ4v) is 2.45. The van der Waals surface area contributed by atoms with E-state index in [1.165, 1.54) is 0 Å². The maximum atomic E-state index is 12.6. The lowest BCUT2D eigenvalue weighted by atomic mass is 9.71. The van der Waals surface area contributed by atoms with Crippen LogP contribution in [0.25, 0.3) is 0 Å². The molecule has 0 spiro atoms. The Bertz CT molecular complexity index is 405. The molecule has 0 radical (unpaired) electrons. The number of hydrogen-bond acceptors (Lipinski definition) is 1. The summed E-state index contributed by atoms with van der Waals surface area (Å²) in [6, 6.07) is 0. The van der Waals surface area contributed by atoms with Crippen LogP contribution < -0.4 is 0 Å². The number of hydrogen-bond donors (Lipinski definition) is 0. The molecular formula is C15H21Cl3O. The van der Waals surface area contributed by atoms with E-state index < -0.39 is 3.79 Å². The third-order valence-electron chi connectivity index (χ3n) is 3.18. The average Bonchev–Trinajstić information content (AvgIpc) is 2.11. The lowest BCUT2D eigenvalue weighted by molar-refractivity contribution is -0.114. The zero-order valence-corrected chi connectivity index (χ0v) is 14.5. The van der Waals surface area contributed by atoms with Gasteiger partial charge in [0.2, 0.25) is 0 Å². The summed E-state index contributed by atoms with van der Waals surface area (Å²) in [6.07, 6.45) is 3.59. The molecule has 1 rings (SSSR count). The topological polar surface area (TPSA) is 17.1 Å². The Morgan fingerprint density at radius 2 is 1.16 bits per heavy atom. The minimum atomic E-state index is -1.44. The van der Waals surface area contributed by atoms with Gasteiger partial charge in [0.15, 0.2) is 9.58 Å². The first kappa shape index (κ1) is 17.1. The molecule has 0 aliphatic heterocycles. The van der Waals surface area contributed by atoms with Crippen molar-refractivity contribution in [2.75, 3.05) is 0 Å². The lowest BCUT2D eigenvalue weighted by Gasteiger charge is -2.34. The minimum Gasteiger partial charge on any atom is -0.289 e. The maximum absolute atomic E-state index is 12.6. The van der Waals surface area contributed by atoms with Gasteiger partial charge in [0.05, 0.1) is 0 Å². The highest BCUT2D eigenvalue weighted by molar-refractivity contribution is 6.68. The summed E-state index contributed by atoms with van der Waals surface area (Å²) >= 11 is 18.1. The number of halogens is 3. The highest BCUT2D eigenvalue weighted by atomic mass is 35.6. The molecule has 0 aromatic rings. The third kappa shape index (κ3) is 4.00. The number of carbonyl (C=O) groups excluding carboxylic acids is 1. The first-order valence-electron chi connectivity index (χ1n) is 6.30. The van der Waals surface area contributed by atoms with Gasteiger partial charge in [-0.1, -0.05) is 88.5 Å². The van der Waals surface area contributed by atoms with Crippen LogP contribution in [0.15, 0.2) is 23.3 Å². The quantitative estimate of drug-likeness (QED) is 0.538. The highest BCUT2D eigenvalue weighted by Crippen LogP contribution is 2.45. The number of rotatable bonds is 0. The summed E-state index contributed by atoms with van der Waals surface area (Å²) in [7, 11) is 0. The Hall–Kier alpha value is 0.0200. The van der Waals surface area contributed by atoms with Gasteiger partial charge in [-0.25, -0.2) is 0 Å². The molecule has 0 fully saturated rings. The van der Waals surface area contributed by atoms with E-state index in [1.54, 1.807) is 12.2 Å². The second kappa shape index (κ2) is 5.09. The highest BCUT2D eigenvalue weighted by Gasteiger charge is 2.40. The molecule has 19 heavy (non-hydrogen) atoms. The van der Waals surface area contributed by atoms with Crippen LogP contribution in [-0.2, 0) is 4.79 Å². The van der Waals surface area contributed by atoms with Gasteiger partial charge in [0.1, 0.15) is 0 Å². The molecule has 0 heterocycles. The van der Waals surface area contributed by atoms with Crippen LogP contribution in [0.3, 0.4) is 0 Å². The van der Waals surface area contributed by atoms with Crippen LogP contribution in [0.5, 0.6) is 0 Å². The zero-order chi connectivity index (χ0) is 15.2. The Kier molecular flexibility index (Phi) is 4.57. The van der Waals surface area contributed by atoms with Gasteiger partial charge < -0.3 is 0 Å². The van der Waals surface area contributed by atoms with E-state index in [9.17, 15) is 4.79 Å². The van der Waals surface area contributed by atoms with Gasteiger partial charge in [0, 0.05) is 17.1 Å². The largest absolute Gasteiger partial charge is 0.289 e. The van der Waals surface area contributed by atoms with E-state index in [-0.39, 0.29) is 22.5 Å².